The number of carbonyl (C=O) groups excluding carboxylic acids is 1. The molecular formula is C22H27BrN4O5. The molecule has 1 atom stereocenters. The van der Waals surface area contributed by atoms with Crippen LogP contribution in [0.15, 0.2) is 28.9 Å². The molecule has 0 bridgehead atoms. The van der Waals surface area contributed by atoms with Gasteiger partial charge >= 0.3 is 5.97 Å². The summed E-state index contributed by atoms with van der Waals surface area (Å²) in [5.41, 5.74) is 2.44. The minimum absolute atomic E-state index is 0.107. The number of anilines is 1. The number of unbranched alkanes of at least 4 members (excludes halogenated alkanes) is 1. The molecule has 2 aromatic heterocycles. The number of nitrogens with zero attached hydrogens (tertiary/aromatic N) is 2. The number of fused-ring (bicyclic) bond motifs is 1. The molecule has 0 fully saturated rings. The lowest BCUT2D eigenvalue weighted by Gasteiger charge is -2.17. The predicted molar refractivity (Wildman–Crippen MR) is 122 cm³/mol. The number of halogens is 1. The molecule has 1 amide bonds. The van der Waals surface area contributed by atoms with Crippen LogP contribution < -0.4 is 10.6 Å². The minimum atomic E-state index is -1.15. The van der Waals surface area contributed by atoms with Crippen molar-refractivity contribution in [1.29, 1.82) is 0 Å². The Labute approximate surface area is 194 Å². The molecule has 1 unspecified atom stereocenters. The van der Waals surface area contributed by atoms with Gasteiger partial charge in [-0.15, -0.1) is 0 Å². The lowest BCUT2D eigenvalue weighted by molar-refractivity contribution is -0.139. The molecule has 1 aliphatic rings. The van der Waals surface area contributed by atoms with Crippen LogP contribution in [0.1, 0.15) is 47.3 Å². The second kappa shape index (κ2) is 11.8. The number of carboxylic acids is 1. The molecule has 3 heterocycles. The number of nitrogens with one attached hydrogen (secondary N) is 2. The Hall–Kier alpha value is -2.72. The first-order chi connectivity index (χ1) is 15.4. The average Bonchev–Trinajstić information content (AvgIpc) is 2.78. The fraction of sp³-hybridized carbons (Fsp3) is 0.455. The zero-order valence-electron chi connectivity index (χ0n) is 17.6. The SMILES string of the molecule is O=C(NC(CCOCCCCc1ccc2c(n1)NCCC2)C(=O)O)c1cc(O)ncc1Br. The van der Waals surface area contributed by atoms with Gasteiger partial charge in [0, 0.05) is 48.6 Å². The molecule has 32 heavy (non-hydrogen) atoms. The maximum absolute atomic E-state index is 12.3. The Balaban J connectivity index is 1.35. The standard InChI is InChI=1S/C22H27BrN4O5/c23-17-13-25-19(28)12-16(17)21(29)27-18(22(30)31)8-11-32-10-2-1-5-15-7-6-14-4-3-9-24-20(14)26-15/h6-7,12-13,18H,1-5,8-11H2,(H,24,26)(H,25,28)(H,27,29)(H,30,31). The molecule has 172 valence electrons. The van der Waals surface area contributed by atoms with Gasteiger partial charge in [-0.2, -0.15) is 0 Å². The average molecular weight is 507 g/mol. The molecule has 10 heteroatoms. The number of aromatic nitrogens is 2. The van der Waals surface area contributed by atoms with Crippen molar-refractivity contribution >= 4 is 33.6 Å². The highest BCUT2D eigenvalue weighted by Crippen LogP contribution is 2.21. The van der Waals surface area contributed by atoms with Gasteiger partial charge in [-0.3, -0.25) is 4.79 Å². The highest BCUT2D eigenvalue weighted by Gasteiger charge is 2.22. The second-order valence-electron chi connectivity index (χ2n) is 7.59. The fourth-order valence-corrected chi connectivity index (χ4v) is 3.81. The highest BCUT2D eigenvalue weighted by molar-refractivity contribution is 9.10. The van der Waals surface area contributed by atoms with Gasteiger partial charge in [0.05, 0.1) is 5.56 Å². The Morgan fingerprint density at radius 1 is 1.28 bits per heavy atom. The number of hydrogen-bond donors (Lipinski definition) is 4. The molecule has 1 aliphatic heterocycles. The van der Waals surface area contributed by atoms with Crippen LogP contribution in [0.3, 0.4) is 0 Å². The van der Waals surface area contributed by atoms with E-state index in [-0.39, 0.29) is 24.5 Å². The van der Waals surface area contributed by atoms with Gasteiger partial charge in [-0.05, 0) is 59.7 Å². The van der Waals surface area contributed by atoms with Gasteiger partial charge < -0.3 is 25.6 Å². The normalized spacial score (nSPS) is 13.7. The summed E-state index contributed by atoms with van der Waals surface area (Å²) < 4.78 is 5.92. The van der Waals surface area contributed by atoms with E-state index in [0.29, 0.717) is 11.1 Å². The zero-order chi connectivity index (χ0) is 22.9. The third-order valence-corrected chi connectivity index (χ3v) is 5.80. The van der Waals surface area contributed by atoms with Gasteiger partial charge in [0.2, 0.25) is 5.88 Å². The number of hydrogen-bond acceptors (Lipinski definition) is 7. The summed E-state index contributed by atoms with van der Waals surface area (Å²) in [6.45, 7) is 1.69. The van der Waals surface area contributed by atoms with Crippen LogP contribution >= 0.6 is 15.9 Å². The molecule has 0 aliphatic carbocycles. The van der Waals surface area contributed by atoms with Crippen molar-refractivity contribution in [2.45, 2.75) is 44.6 Å². The third kappa shape index (κ3) is 6.89. The largest absolute Gasteiger partial charge is 0.493 e. The quantitative estimate of drug-likeness (QED) is 0.341. The Morgan fingerprint density at radius 3 is 2.94 bits per heavy atom. The Kier molecular flexibility index (Phi) is 8.81. The van der Waals surface area contributed by atoms with Gasteiger partial charge in [0.15, 0.2) is 0 Å². The van der Waals surface area contributed by atoms with E-state index in [1.54, 1.807) is 0 Å². The maximum atomic E-state index is 12.3. The number of pyridine rings is 2. The summed E-state index contributed by atoms with van der Waals surface area (Å²) in [5, 5.41) is 24.6. The van der Waals surface area contributed by atoms with Gasteiger partial charge in [-0.1, -0.05) is 6.07 Å². The van der Waals surface area contributed by atoms with Crippen molar-refractivity contribution < 1.29 is 24.5 Å². The predicted octanol–water partition coefficient (Wildman–Crippen LogP) is 2.92. The number of rotatable bonds is 11. The van der Waals surface area contributed by atoms with E-state index in [1.165, 1.54) is 17.8 Å². The summed E-state index contributed by atoms with van der Waals surface area (Å²) in [5.74, 6) is -1.09. The molecule has 0 saturated heterocycles. The monoisotopic (exact) mass is 506 g/mol. The van der Waals surface area contributed by atoms with Gasteiger partial charge in [0.1, 0.15) is 11.9 Å². The Bertz CT molecular complexity index is 956. The lowest BCUT2D eigenvalue weighted by Crippen LogP contribution is -2.41. The molecule has 2 aromatic rings. The Morgan fingerprint density at radius 2 is 2.12 bits per heavy atom. The van der Waals surface area contributed by atoms with Crippen LogP contribution in [-0.2, 0) is 22.4 Å². The van der Waals surface area contributed by atoms with Gasteiger partial charge in [0.25, 0.3) is 5.91 Å². The van der Waals surface area contributed by atoms with Crippen LogP contribution in [0.4, 0.5) is 5.82 Å². The third-order valence-electron chi connectivity index (χ3n) is 5.16. The molecule has 4 N–H and O–H groups in total. The topological polar surface area (TPSA) is 134 Å². The molecular weight excluding hydrogens is 480 g/mol. The first-order valence-corrected chi connectivity index (χ1v) is 11.4. The van der Waals surface area contributed by atoms with Crippen molar-refractivity contribution in [1.82, 2.24) is 15.3 Å². The van der Waals surface area contributed by atoms with Crippen molar-refractivity contribution in [3.8, 4) is 5.88 Å². The van der Waals surface area contributed by atoms with Crippen LogP contribution in [0, 0.1) is 0 Å². The van der Waals surface area contributed by atoms with Crippen molar-refractivity contribution in [3.63, 3.8) is 0 Å². The van der Waals surface area contributed by atoms with Crippen LogP contribution in [0.5, 0.6) is 5.88 Å². The summed E-state index contributed by atoms with van der Waals surface area (Å²) in [6, 6.07) is 4.29. The smallest absolute Gasteiger partial charge is 0.326 e. The number of ether oxygens (including phenoxy) is 1. The van der Waals surface area contributed by atoms with E-state index < -0.39 is 17.9 Å². The first-order valence-electron chi connectivity index (χ1n) is 10.6. The number of aryl methyl sites for hydroxylation is 2. The maximum Gasteiger partial charge on any atom is 0.326 e. The van der Waals surface area contributed by atoms with Crippen molar-refractivity contribution in [2.75, 3.05) is 25.1 Å². The number of carbonyl (C=O) groups is 2. The molecule has 0 spiro atoms. The number of aromatic hydroxyl groups is 1. The number of aliphatic carboxylic acids is 1. The molecule has 0 radical (unpaired) electrons. The molecule has 3 rings (SSSR count). The van der Waals surface area contributed by atoms with Crippen LogP contribution in [0.25, 0.3) is 0 Å². The van der Waals surface area contributed by atoms with E-state index in [2.05, 4.69) is 48.7 Å². The van der Waals surface area contributed by atoms with E-state index >= 15 is 0 Å². The first kappa shape index (κ1) is 23.9. The summed E-state index contributed by atoms with van der Waals surface area (Å²) >= 11 is 3.17. The summed E-state index contributed by atoms with van der Waals surface area (Å²) in [6.07, 6.45) is 6.24. The van der Waals surface area contributed by atoms with Crippen LogP contribution in [-0.4, -0.2) is 57.9 Å². The second-order valence-corrected chi connectivity index (χ2v) is 8.44. The molecule has 0 saturated carbocycles. The summed E-state index contributed by atoms with van der Waals surface area (Å²) in [4.78, 5) is 32.1. The number of amides is 1. The molecule has 0 aromatic carbocycles. The fourth-order valence-electron chi connectivity index (χ4n) is 3.42. The van der Waals surface area contributed by atoms with Crippen molar-refractivity contribution in [3.05, 3.63) is 45.7 Å². The van der Waals surface area contributed by atoms with E-state index in [0.717, 1.165) is 50.2 Å². The van der Waals surface area contributed by atoms with E-state index in [4.69, 9.17) is 4.74 Å². The van der Waals surface area contributed by atoms with Crippen molar-refractivity contribution in [2.24, 2.45) is 0 Å². The van der Waals surface area contributed by atoms with E-state index in [9.17, 15) is 19.8 Å². The zero-order valence-corrected chi connectivity index (χ0v) is 19.2. The molecule has 9 nitrogen and oxygen atoms in total. The highest BCUT2D eigenvalue weighted by atomic mass is 79.9. The minimum Gasteiger partial charge on any atom is -0.493 e. The van der Waals surface area contributed by atoms with Crippen LogP contribution in [0.2, 0.25) is 0 Å². The number of carboxylic acid groups (broad SMARTS) is 1. The lowest BCUT2D eigenvalue weighted by atomic mass is 10.1. The van der Waals surface area contributed by atoms with Gasteiger partial charge in [-0.25, -0.2) is 14.8 Å². The van der Waals surface area contributed by atoms with E-state index in [1.807, 2.05) is 0 Å². The summed E-state index contributed by atoms with van der Waals surface area (Å²) in [7, 11) is 0.